The Morgan fingerprint density at radius 3 is 2.46 bits per heavy atom. The molecule has 0 unspecified atom stereocenters. The lowest BCUT2D eigenvalue weighted by molar-refractivity contribution is 0.0595. The van der Waals surface area contributed by atoms with Gasteiger partial charge in [-0.1, -0.05) is 12.1 Å². The fourth-order valence-electron chi connectivity index (χ4n) is 4.69. The maximum atomic E-state index is 13.0. The highest BCUT2D eigenvalue weighted by Gasteiger charge is 2.23. The van der Waals surface area contributed by atoms with Gasteiger partial charge in [0.1, 0.15) is 11.5 Å². The summed E-state index contributed by atoms with van der Waals surface area (Å²) in [6, 6.07) is 14.2. The molecule has 8 heteroatoms. The summed E-state index contributed by atoms with van der Waals surface area (Å²) in [5.74, 6) is 0.826. The number of rotatable bonds is 7. The van der Waals surface area contributed by atoms with Gasteiger partial charge in [0.2, 0.25) is 0 Å². The number of hydrogen-bond donors (Lipinski definition) is 0. The molecular weight excluding hydrogens is 462 g/mol. The fraction of sp³-hybridized carbons (Fsp3) is 0.345. The summed E-state index contributed by atoms with van der Waals surface area (Å²) in [7, 11) is 0. The lowest BCUT2D eigenvalue weighted by atomic mass is 10.1. The van der Waals surface area contributed by atoms with Gasteiger partial charge in [-0.15, -0.1) is 0 Å². The van der Waals surface area contributed by atoms with Crippen molar-refractivity contribution in [3.05, 3.63) is 84.2 Å². The predicted octanol–water partition coefficient (Wildman–Crippen LogP) is 4.18. The maximum absolute atomic E-state index is 13.0. The van der Waals surface area contributed by atoms with Crippen LogP contribution in [0.3, 0.4) is 0 Å². The Morgan fingerprint density at radius 1 is 1.00 bits per heavy atom. The third-order valence-electron chi connectivity index (χ3n) is 6.90. The van der Waals surface area contributed by atoms with E-state index >= 15 is 0 Å². The van der Waals surface area contributed by atoms with E-state index in [0.29, 0.717) is 12.5 Å². The highest BCUT2D eigenvalue weighted by molar-refractivity contribution is 5.94. The number of carbonyl (C=O) groups excluding carboxylic acids is 1. The van der Waals surface area contributed by atoms with E-state index in [1.165, 1.54) is 0 Å². The van der Waals surface area contributed by atoms with Crippen molar-refractivity contribution < 1.29 is 4.79 Å². The quantitative estimate of drug-likeness (QED) is 0.383. The Labute approximate surface area is 218 Å². The lowest BCUT2D eigenvalue weighted by Gasteiger charge is -2.37. The minimum atomic E-state index is 0.101. The SMILES string of the molecule is CCn1cc(-c2ccnc(Cc3ccc(C(=O)N4CCN(C(C)C)CC4)cc3)n2)c(-c2cccnc2)n1. The molecule has 0 saturated carbocycles. The van der Waals surface area contributed by atoms with Gasteiger partial charge in [0.15, 0.2) is 0 Å². The second-order valence-electron chi connectivity index (χ2n) is 9.64. The van der Waals surface area contributed by atoms with Gasteiger partial charge in [0.25, 0.3) is 5.91 Å². The first-order valence-corrected chi connectivity index (χ1v) is 12.9. The summed E-state index contributed by atoms with van der Waals surface area (Å²) < 4.78 is 1.91. The van der Waals surface area contributed by atoms with E-state index in [9.17, 15) is 4.79 Å². The Morgan fingerprint density at radius 2 is 1.78 bits per heavy atom. The molecule has 1 aliphatic heterocycles. The molecule has 0 radical (unpaired) electrons. The maximum Gasteiger partial charge on any atom is 0.253 e. The van der Waals surface area contributed by atoms with E-state index in [4.69, 9.17) is 10.1 Å². The highest BCUT2D eigenvalue weighted by atomic mass is 16.2. The molecule has 3 aromatic heterocycles. The van der Waals surface area contributed by atoms with Crippen LogP contribution in [-0.4, -0.2) is 72.7 Å². The van der Waals surface area contributed by atoms with Gasteiger partial charge >= 0.3 is 0 Å². The largest absolute Gasteiger partial charge is 0.336 e. The molecule has 5 rings (SSSR count). The number of carbonyl (C=O) groups is 1. The van der Waals surface area contributed by atoms with Gasteiger partial charge in [-0.2, -0.15) is 5.10 Å². The Hall–Kier alpha value is -3.91. The second-order valence-corrected chi connectivity index (χ2v) is 9.64. The van der Waals surface area contributed by atoms with E-state index in [2.05, 4.69) is 35.6 Å². The number of amides is 1. The van der Waals surface area contributed by atoms with Gasteiger partial charge < -0.3 is 4.90 Å². The van der Waals surface area contributed by atoms with Crippen LogP contribution >= 0.6 is 0 Å². The molecule has 1 fully saturated rings. The number of aromatic nitrogens is 5. The monoisotopic (exact) mass is 495 g/mol. The molecule has 0 spiro atoms. The molecule has 1 aliphatic rings. The predicted molar refractivity (Wildman–Crippen MR) is 144 cm³/mol. The van der Waals surface area contributed by atoms with Gasteiger partial charge in [0, 0.05) is 86.7 Å². The molecule has 1 aromatic carbocycles. The topological polar surface area (TPSA) is 80.0 Å². The molecule has 1 saturated heterocycles. The van der Waals surface area contributed by atoms with Gasteiger partial charge in [0.05, 0.1) is 5.69 Å². The normalized spacial score (nSPS) is 14.3. The zero-order valence-electron chi connectivity index (χ0n) is 21.7. The van der Waals surface area contributed by atoms with Crippen LogP contribution in [-0.2, 0) is 13.0 Å². The van der Waals surface area contributed by atoms with E-state index in [1.54, 1.807) is 12.4 Å². The molecule has 0 N–H and O–H groups in total. The van der Waals surface area contributed by atoms with Crippen molar-refractivity contribution in [3.8, 4) is 22.5 Å². The smallest absolute Gasteiger partial charge is 0.253 e. The van der Waals surface area contributed by atoms with Crippen LogP contribution in [0.4, 0.5) is 0 Å². The van der Waals surface area contributed by atoms with Crippen molar-refractivity contribution in [2.75, 3.05) is 26.2 Å². The number of hydrogen-bond acceptors (Lipinski definition) is 6. The Balaban J connectivity index is 1.30. The minimum Gasteiger partial charge on any atom is -0.336 e. The van der Waals surface area contributed by atoms with Crippen molar-refractivity contribution in [1.82, 2.24) is 34.5 Å². The van der Waals surface area contributed by atoms with Crippen molar-refractivity contribution >= 4 is 5.91 Å². The number of aryl methyl sites for hydroxylation is 1. The number of pyridine rings is 1. The summed E-state index contributed by atoms with van der Waals surface area (Å²) in [4.78, 5) is 31.0. The first kappa shape index (κ1) is 24.8. The van der Waals surface area contributed by atoms with Gasteiger partial charge in [-0.25, -0.2) is 9.97 Å². The van der Waals surface area contributed by atoms with Crippen LogP contribution < -0.4 is 0 Å². The van der Waals surface area contributed by atoms with Gasteiger partial charge in [-0.3, -0.25) is 19.4 Å². The van der Waals surface area contributed by atoms with E-state index in [1.807, 2.05) is 64.4 Å². The third-order valence-corrected chi connectivity index (χ3v) is 6.90. The van der Waals surface area contributed by atoms with Crippen LogP contribution in [0.15, 0.2) is 67.3 Å². The van der Waals surface area contributed by atoms with E-state index < -0.39 is 0 Å². The highest BCUT2D eigenvalue weighted by Crippen LogP contribution is 2.29. The number of nitrogens with zero attached hydrogens (tertiary/aromatic N) is 7. The van der Waals surface area contributed by atoms with Crippen molar-refractivity contribution in [1.29, 1.82) is 0 Å². The van der Waals surface area contributed by atoms with Crippen molar-refractivity contribution in [2.24, 2.45) is 0 Å². The fourth-order valence-corrected chi connectivity index (χ4v) is 4.69. The van der Waals surface area contributed by atoms with Crippen LogP contribution in [0, 0.1) is 0 Å². The second kappa shape index (κ2) is 11.0. The summed E-state index contributed by atoms with van der Waals surface area (Å²) in [6.07, 6.45) is 7.98. The van der Waals surface area contributed by atoms with Crippen LogP contribution in [0.25, 0.3) is 22.5 Å². The summed E-state index contributed by atoms with van der Waals surface area (Å²) >= 11 is 0. The third kappa shape index (κ3) is 5.59. The lowest BCUT2D eigenvalue weighted by Crippen LogP contribution is -2.50. The first-order valence-electron chi connectivity index (χ1n) is 12.9. The zero-order valence-corrected chi connectivity index (χ0v) is 21.7. The average Bonchev–Trinajstić information content (AvgIpc) is 3.39. The Kier molecular flexibility index (Phi) is 7.37. The standard InChI is InChI=1S/C29H33N7O/c1-4-36-20-25(28(33-36)24-6-5-12-30-19-24)26-11-13-31-27(32-26)18-22-7-9-23(10-8-22)29(37)35-16-14-34(15-17-35)21(2)3/h5-13,19-21H,4,14-18H2,1-3H3. The molecule has 37 heavy (non-hydrogen) atoms. The molecule has 0 atom stereocenters. The summed E-state index contributed by atoms with van der Waals surface area (Å²) in [5.41, 5.74) is 5.39. The molecule has 1 amide bonds. The average molecular weight is 496 g/mol. The van der Waals surface area contributed by atoms with Crippen molar-refractivity contribution in [2.45, 2.75) is 39.8 Å². The van der Waals surface area contributed by atoms with Crippen LogP contribution in [0.5, 0.6) is 0 Å². The summed E-state index contributed by atoms with van der Waals surface area (Å²) in [6.45, 7) is 10.6. The van der Waals surface area contributed by atoms with Crippen molar-refractivity contribution in [3.63, 3.8) is 0 Å². The Bertz CT molecular complexity index is 1340. The molecule has 0 bridgehead atoms. The molecule has 0 aliphatic carbocycles. The van der Waals surface area contributed by atoms with E-state index in [0.717, 1.165) is 72.2 Å². The molecule has 4 heterocycles. The molecule has 4 aromatic rings. The molecule has 190 valence electrons. The minimum absolute atomic E-state index is 0.101. The van der Waals surface area contributed by atoms with E-state index in [-0.39, 0.29) is 5.91 Å². The molecule has 8 nitrogen and oxygen atoms in total. The summed E-state index contributed by atoms with van der Waals surface area (Å²) in [5, 5.41) is 4.74. The molecular formula is C29H33N7O. The van der Waals surface area contributed by atoms with Gasteiger partial charge in [-0.05, 0) is 56.7 Å². The van der Waals surface area contributed by atoms with Crippen LogP contribution in [0.1, 0.15) is 42.5 Å². The number of benzene rings is 1. The number of piperazine rings is 1. The first-order chi connectivity index (χ1) is 18.0. The zero-order chi connectivity index (χ0) is 25.8. The van der Waals surface area contributed by atoms with Crippen LogP contribution in [0.2, 0.25) is 0 Å².